The van der Waals surface area contributed by atoms with Gasteiger partial charge in [-0.1, -0.05) is 30.7 Å². The van der Waals surface area contributed by atoms with E-state index in [-0.39, 0.29) is 19.0 Å². The second kappa shape index (κ2) is 8.42. The Hall–Kier alpha value is -1.56. The van der Waals surface area contributed by atoms with E-state index in [9.17, 15) is 5.11 Å². The third kappa shape index (κ3) is 3.90. The Bertz CT molecular complexity index is 879. The monoisotopic (exact) mass is 436 g/mol. The van der Waals surface area contributed by atoms with Gasteiger partial charge in [0.05, 0.1) is 22.1 Å². The van der Waals surface area contributed by atoms with Gasteiger partial charge in [0, 0.05) is 5.92 Å². The number of imidazole rings is 1. The van der Waals surface area contributed by atoms with Crippen molar-refractivity contribution in [1.82, 2.24) is 9.55 Å². The predicted octanol–water partition coefficient (Wildman–Crippen LogP) is 4.93. The van der Waals surface area contributed by atoms with Crippen LogP contribution in [0.1, 0.15) is 31.0 Å². The van der Waals surface area contributed by atoms with E-state index in [1.807, 2.05) is 42.5 Å². The van der Waals surface area contributed by atoms with E-state index in [2.05, 4.69) is 26.6 Å². The SMILES string of the molecule is Cl.OC(COc1ccccc1Br)Cn1c(C2CCC2)nc2ccccc21. The number of aromatic nitrogens is 2. The Morgan fingerprint density at radius 1 is 1.15 bits per heavy atom. The maximum Gasteiger partial charge on any atom is 0.133 e. The lowest BCUT2D eigenvalue weighted by Gasteiger charge is -2.26. The maximum atomic E-state index is 10.5. The van der Waals surface area contributed by atoms with Crippen molar-refractivity contribution in [3.63, 3.8) is 0 Å². The standard InChI is InChI=1S/C20H21BrN2O2.ClH/c21-16-8-1-4-11-19(16)25-13-15(24)12-23-18-10-3-2-9-17(18)22-20(23)14-6-5-7-14;/h1-4,8-11,14-15,24H,5-7,12-13H2;1H. The molecule has 1 aliphatic rings. The summed E-state index contributed by atoms with van der Waals surface area (Å²) in [5.41, 5.74) is 2.09. The van der Waals surface area contributed by atoms with Crippen molar-refractivity contribution in [1.29, 1.82) is 0 Å². The van der Waals surface area contributed by atoms with Gasteiger partial charge in [-0.05, 0) is 53.0 Å². The summed E-state index contributed by atoms with van der Waals surface area (Å²) in [5, 5.41) is 10.5. The minimum absolute atomic E-state index is 0. The van der Waals surface area contributed by atoms with Gasteiger partial charge < -0.3 is 14.4 Å². The van der Waals surface area contributed by atoms with Crippen LogP contribution in [0.3, 0.4) is 0 Å². The number of hydrogen-bond acceptors (Lipinski definition) is 3. The molecule has 1 aromatic heterocycles. The molecule has 4 nitrogen and oxygen atoms in total. The molecule has 2 aromatic carbocycles. The predicted molar refractivity (Wildman–Crippen MR) is 109 cm³/mol. The summed E-state index contributed by atoms with van der Waals surface area (Å²) in [6.45, 7) is 0.746. The van der Waals surface area contributed by atoms with Gasteiger partial charge in [0.25, 0.3) is 0 Å². The molecule has 3 aromatic rings. The van der Waals surface area contributed by atoms with E-state index in [4.69, 9.17) is 9.72 Å². The van der Waals surface area contributed by atoms with Crippen LogP contribution in [0.25, 0.3) is 11.0 Å². The third-order valence-electron chi connectivity index (χ3n) is 4.82. The molecule has 6 heteroatoms. The first-order valence-electron chi connectivity index (χ1n) is 8.73. The van der Waals surface area contributed by atoms with E-state index >= 15 is 0 Å². The lowest BCUT2D eigenvalue weighted by Crippen LogP contribution is -2.26. The smallest absolute Gasteiger partial charge is 0.133 e. The van der Waals surface area contributed by atoms with Crippen molar-refractivity contribution in [2.45, 2.75) is 37.8 Å². The summed E-state index contributed by atoms with van der Waals surface area (Å²) in [7, 11) is 0. The number of fused-ring (bicyclic) bond motifs is 1. The van der Waals surface area contributed by atoms with Crippen molar-refractivity contribution in [2.24, 2.45) is 0 Å². The van der Waals surface area contributed by atoms with Gasteiger partial charge in [0.1, 0.15) is 24.3 Å². The third-order valence-corrected chi connectivity index (χ3v) is 5.47. The Kier molecular flexibility index (Phi) is 6.22. The fourth-order valence-electron chi connectivity index (χ4n) is 3.28. The molecule has 1 N–H and O–H groups in total. The first kappa shape index (κ1) is 19.2. The second-order valence-corrected chi connectivity index (χ2v) is 7.45. The summed E-state index contributed by atoms with van der Waals surface area (Å²) in [6, 6.07) is 15.8. The van der Waals surface area contributed by atoms with Gasteiger partial charge in [-0.15, -0.1) is 12.4 Å². The zero-order valence-electron chi connectivity index (χ0n) is 14.3. The molecule has 0 aliphatic heterocycles. The molecule has 1 saturated carbocycles. The van der Waals surface area contributed by atoms with Crippen LogP contribution < -0.4 is 4.74 Å². The number of halogens is 2. The van der Waals surface area contributed by atoms with E-state index in [1.54, 1.807) is 0 Å². The molecule has 0 saturated heterocycles. The van der Waals surface area contributed by atoms with Gasteiger partial charge in [-0.2, -0.15) is 0 Å². The molecular formula is C20H22BrClN2O2. The first-order chi connectivity index (χ1) is 12.2. The van der Waals surface area contributed by atoms with Crippen LogP contribution >= 0.6 is 28.3 Å². The van der Waals surface area contributed by atoms with Crippen LogP contribution in [0.4, 0.5) is 0 Å². The van der Waals surface area contributed by atoms with Crippen molar-refractivity contribution in [3.8, 4) is 5.75 Å². The van der Waals surface area contributed by atoms with Crippen molar-refractivity contribution < 1.29 is 9.84 Å². The zero-order chi connectivity index (χ0) is 17.2. The molecule has 1 atom stereocenters. The molecule has 0 radical (unpaired) electrons. The number of rotatable bonds is 6. The summed E-state index contributed by atoms with van der Waals surface area (Å²) in [5.74, 6) is 2.37. The van der Waals surface area contributed by atoms with Gasteiger partial charge in [0.2, 0.25) is 0 Å². The fraction of sp³-hybridized carbons (Fsp3) is 0.350. The Morgan fingerprint density at radius 3 is 2.62 bits per heavy atom. The molecular weight excluding hydrogens is 416 g/mol. The number of aliphatic hydroxyl groups is 1. The van der Waals surface area contributed by atoms with Crippen LogP contribution in [0.2, 0.25) is 0 Å². The Morgan fingerprint density at radius 2 is 1.88 bits per heavy atom. The minimum Gasteiger partial charge on any atom is -0.490 e. The first-order valence-corrected chi connectivity index (χ1v) is 9.52. The van der Waals surface area contributed by atoms with E-state index in [0.29, 0.717) is 12.5 Å². The number of aliphatic hydroxyl groups excluding tert-OH is 1. The Balaban J connectivity index is 0.00000196. The van der Waals surface area contributed by atoms with Crippen molar-refractivity contribution >= 4 is 39.4 Å². The minimum atomic E-state index is -0.594. The molecule has 0 bridgehead atoms. The van der Waals surface area contributed by atoms with Crippen LogP contribution in [0.15, 0.2) is 53.0 Å². The number of nitrogens with zero attached hydrogens (tertiary/aromatic N) is 2. The quantitative estimate of drug-likeness (QED) is 0.595. The highest BCUT2D eigenvalue weighted by atomic mass is 79.9. The lowest BCUT2D eigenvalue weighted by atomic mass is 9.85. The average molecular weight is 438 g/mol. The number of hydrogen-bond donors (Lipinski definition) is 1. The topological polar surface area (TPSA) is 47.3 Å². The molecule has 0 amide bonds. The molecule has 1 heterocycles. The fourth-order valence-corrected chi connectivity index (χ4v) is 3.67. The van der Waals surface area contributed by atoms with Crippen LogP contribution in [0.5, 0.6) is 5.75 Å². The van der Waals surface area contributed by atoms with Crippen molar-refractivity contribution in [3.05, 3.63) is 58.8 Å². The number of ether oxygens (including phenoxy) is 1. The highest BCUT2D eigenvalue weighted by molar-refractivity contribution is 9.10. The van der Waals surface area contributed by atoms with E-state index < -0.39 is 6.10 Å². The largest absolute Gasteiger partial charge is 0.490 e. The summed E-state index contributed by atoms with van der Waals surface area (Å²) in [4.78, 5) is 4.82. The average Bonchev–Trinajstić information content (AvgIpc) is 2.91. The molecule has 1 unspecified atom stereocenters. The molecule has 1 aliphatic carbocycles. The maximum absolute atomic E-state index is 10.5. The summed E-state index contributed by atoms with van der Waals surface area (Å²) >= 11 is 3.47. The highest BCUT2D eigenvalue weighted by Gasteiger charge is 2.26. The number of para-hydroxylation sites is 3. The summed E-state index contributed by atoms with van der Waals surface area (Å²) < 4.78 is 8.84. The normalized spacial score (nSPS) is 15.3. The molecule has 1 fully saturated rings. The van der Waals surface area contributed by atoms with Crippen molar-refractivity contribution in [2.75, 3.05) is 6.61 Å². The van der Waals surface area contributed by atoms with Crippen LogP contribution in [-0.4, -0.2) is 27.4 Å². The highest BCUT2D eigenvalue weighted by Crippen LogP contribution is 2.37. The van der Waals surface area contributed by atoms with Gasteiger partial charge >= 0.3 is 0 Å². The molecule has 26 heavy (non-hydrogen) atoms. The van der Waals surface area contributed by atoms with E-state index in [1.165, 1.54) is 19.3 Å². The summed E-state index contributed by atoms with van der Waals surface area (Å²) in [6.07, 6.45) is 3.05. The number of benzene rings is 2. The lowest BCUT2D eigenvalue weighted by molar-refractivity contribution is 0.0916. The zero-order valence-corrected chi connectivity index (χ0v) is 16.7. The molecule has 0 spiro atoms. The van der Waals surface area contributed by atoms with Crippen LogP contribution in [-0.2, 0) is 6.54 Å². The van der Waals surface area contributed by atoms with E-state index in [0.717, 1.165) is 27.1 Å². The van der Waals surface area contributed by atoms with Gasteiger partial charge in [-0.3, -0.25) is 0 Å². The Labute approximate surface area is 167 Å². The van der Waals surface area contributed by atoms with Gasteiger partial charge in [-0.25, -0.2) is 4.98 Å². The van der Waals surface area contributed by atoms with Crippen LogP contribution in [0, 0.1) is 0 Å². The second-order valence-electron chi connectivity index (χ2n) is 6.59. The molecule has 138 valence electrons. The molecule has 4 rings (SSSR count). The van der Waals surface area contributed by atoms with Gasteiger partial charge in [0.15, 0.2) is 0 Å².